The second-order valence-corrected chi connectivity index (χ2v) is 1.87. The minimum atomic E-state index is 0.914. The second-order valence-electron chi connectivity index (χ2n) is 1.87. The number of hydrazine groups is 2. The smallest absolute Gasteiger partial charge is 0.131 e. The van der Waals surface area contributed by atoms with Gasteiger partial charge in [-0.25, -0.2) is 0 Å². The topological polar surface area (TPSA) is 130 Å². The first-order chi connectivity index (χ1) is 6.47. The normalized spacial score (nSPS) is 8.00. The predicted octanol–water partition coefficient (Wildman–Crippen LogP) is -0.535. The van der Waals surface area contributed by atoms with E-state index in [0.29, 0.717) is 0 Å². The maximum Gasteiger partial charge on any atom is 0.131 e. The maximum absolute atomic E-state index is 4.71. The van der Waals surface area contributed by atoms with Gasteiger partial charge in [-0.05, 0) is 12.1 Å². The van der Waals surface area contributed by atoms with Crippen LogP contribution in [0.15, 0.2) is 35.1 Å². The van der Waals surface area contributed by atoms with Gasteiger partial charge in [0.1, 0.15) is 11.8 Å². The van der Waals surface area contributed by atoms with Gasteiger partial charge >= 0.3 is 0 Å². The van der Waals surface area contributed by atoms with Gasteiger partial charge in [0.05, 0.1) is 0 Å². The lowest BCUT2D eigenvalue weighted by Crippen LogP contribution is -2.02. The van der Waals surface area contributed by atoms with Crippen LogP contribution in [-0.2, 0) is 0 Å². The minimum absolute atomic E-state index is 0.914. The maximum atomic E-state index is 4.71. The van der Waals surface area contributed by atoms with Crippen LogP contribution in [0.4, 0.5) is 0 Å². The van der Waals surface area contributed by atoms with Crippen LogP contribution in [0.5, 0.6) is 0 Å². The zero-order chi connectivity index (χ0) is 10.1. The lowest BCUT2D eigenvalue weighted by molar-refractivity contribution is 0.428. The van der Waals surface area contributed by atoms with E-state index in [1.807, 2.05) is 24.3 Å². The van der Waals surface area contributed by atoms with Crippen molar-refractivity contribution in [2.75, 3.05) is 0 Å². The molecule has 0 radical (unpaired) electrons. The molecule has 8 N–H and O–H groups in total. The number of hydrogen-bond donors (Lipinski definition) is 4. The lowest BCUT2D eigenvalue weighted by atomic mass is 10.3. The number of aromatic nitrogens is 1. The van der Waals surface area contributed by atoms with Crippen LogP contribution in [0, 0.1) is 0 Å². The number of benzene rings is 1. The molecule has 0 aliphatic carbocycles. The van der Waals surface area contributed by atoms with E-state index in [1.54, 1.807) is 6.26 Å². The highest BCUT2D eigenvalue weighted by Crippen LogP contribution is 2.09. The molecule has 1 heterocycles. The molecule has 13 heavy (non-hydrogen) atoms. The summed E-state index contributed by atoms with van der Waals surface area (Å²) in [6.45, 7) is 0. The molecule has 2 aromatic rings. The van der Waals surface area contributed by atoms with Crippen LogP contribution in [-0.4, -0.2) is 5.16 Å². The molecule has 0 fully saturated rings. The second kappa shape index (κ2) is 7.19. The molecule has 0 aliphatic rings. The Balaban J connectivity index is 0.000000322. The molecule has 0 spiro atoms. The molecule has 0 unspecified atom stereocenters. The number of hydrogen-bond acceptors (Lipinski definition) is 6. The van der Waals surface area contributed by atoms with Gasteiger partial charge < -0.3 is 4.52 Å². The third kappa shape index (κ3) is 3.18. The predicted molar refractivity (Wildman–Crippen MR) is 50.8 cm³/mol. The van der Waals surface area contributed by atoms with Crippen LogP contribution >= 0.6 is 0 Å². The molecule has 1 aromatic carbocycles. The van der Waals surface area contributed by atoms with Crippen molar-refractivity contribution in [3.05, 3.63) is 30.5 Å². The summed E-state index contributed by atoms with van der Waals surface area (Å²) < 4.78 is 4.71. The van der Waals surface area contributed by atoms with Gasteiger partial charge in [-0.15, -0.1) is 0 Å². The molecule has 2 rings (SSSR count). The molecule has 0 amide bonds. The van der Waals surface area contributed by atoms with Crippen molar-refractivity contribution in [2.24, 2.45) is 23.4 Å². The highest BCUT2D eigenvalue weighted by atomic mass is 16.5. The van der Waals surface area contributed by atoms with E-state index >= 15 is 0 Å². The summed E-state index contributed by atoms with van der Waals surface area (Å²) in [4.78, 5) is 0. The highest BCUT2D eigenvalue weighted by Gasteiger charge is 1.91. The number of fused-ring (bicyclic) bond motifs is 1. The van der Waals surface area contributed by atoms with Crippen molar-refractivity contribution in [3.63, 3.8) is 0 Å². The average Bonchev–Trinajstić information content (AvgIpc) is 2.71. The Labute approximate surface area is 75.4 Å². The van der Waals surface area contributed by atoms with E-state index in [0.717, 1.165) is 10.9 Å². The molecule has 0 aliphatic heterocycles. The first-order valence-electron chi connectivity index (χ1n) is 3.42. The number of nitrogens with zero attached hydrogens (tertiary/aromatic N) is 1. The van der Waals surface area contributed by atoms with E-state index in [4.69, 9.17) is 4.52 Å². The molecule has 0 bridgehead atoms. The summed E-state index contributed by atoms with van der Waals surface area (Å²) >= 11 is 0. The SMILES string of the molecule is NN.NN.c1ccc2nocc2c1. The van der Waals surface area contributed by atoms with Crippen molar-refractivity contribution in [2.45, 2.75) is 0 Å². The molecule has 72 valence electrons. The fourth-order valence-electron chi connectivity index (χ4n) is 0.810. The van der Waals surface area contributed by atoms with Gasteiger partial charge in [0.25, 0.3) is 0 Å². The first-order valence-corrected chi connectivity index (χ1v) is 3.42. The third-order valence-electron chi connectivity index (χ3n) is 1.27. The van der Waals surface area contributed by atoms with Crippen LogP contribution < -0.4 is 23.4 Å². The van der Waals surface area contributed by atoms with E-state index < -0.39 is 0 Å². The standard InChI is InChI=1S/C7H5NO.2H4N2/c1-2-4-7-6(3-1)5-9-8-7;2*1-2/h1-5H;2*1-2H2. The Bertz CT molecular complexity index is 291. The van der Waals surface area contributed by atoms with Gasteiger partial charge in [-0.3, -0.25) is 23.4 Å². The minimum Gasteiger partial charge on any atom is -0.364 e. The van der Waals surface area contributed by atoms with Gasteiger partial charge in [0.2, 0.25) is 0 Å². The Hall–Kier alpha value is -1.47. The summed E-state index contributed by atoms with van der Waals surface area (Å²) in [6.07, 6.45) is 1.63. The Morgan fingerprint density at radius 1 is 1.00 bits per heavy atom. The first kappa shape index (κ1) is 11.5. The third-order valence-corrected chi connectivity index (χ3v) is 1.27. The van der Waals surface area contributed by atoms with Gasteiger partial charge in [0, 0.05) is 5.39 Å². The monoisotopic (exact) mass is 183 g/mol. The van der Waals surface area contributed by atoms with Crippen molar-refractivity contribution >= 4 is 10.9 Å². The largest absolute Gasteiger partial charge is 0.364 e. The van der Waals surface area contributed by atoms with Gasteiger partial charge in [-0.1, -0.05) is 17.3 Å². The molecule has 0 atom stereocenters. The molecular weight excluding hydrogens is 170 g/mol. The Kier molecular flexibility index (Phi) is 6.38. The summed E-state index contributed by atoms with van der Waals surface area (Å²) in [6, 6.07) is 7.77. The fraction of sp³-hybridized carbons (Fsp3) is 0. The van der Waals surface area contributed by atoms with E-state index in [1.165, 1.54) is 0 Å². The molecular formula is C7H13N5O. The average molecular weight is 183 g/mol. The zero-order valence-corrected chi connectivity index (χ0v) is 7.05. The van der Waals surface area contributed by atoms with Crippen LogP contribution in [0.3, 0.4) is 0 Å². The van der Waals surface area contributed by atoms with Crippen LogP contribution in [0.25, 0.3) is 10.9 Å². The summed E-state index contributed by atoms with van der Waals surface area (Å²) in [5.41, 5.74) is 0.914. The van der Waals surface area contributed by atoms with Crippen molar-refractivity contribution in [3.8, 4) is 0 Å². The van der Waals surface area contributed by atoms with E-state index in [9.17, 15) is 0 Å². The van der Waals surface area contributed by atoms with Gasteiger partial charge in [-0.2, -0.15) is 0 Å². The zero-order valence-electron chi connectivity index (χ0n) is 7.05. The van der Waals surface area contributed by atoms with Crippen molar-refractivity contribution in [1.29, 1.82) is 0 Å². The van der Waals surface area contributed by atoms with E-state index in [-0.39, 0.29) is 0 Å². The van der Waals surface area contributed by atoms with E-state index in [2.05, 4.69) is 28.5 Å². The summed E-state index contributed by atoms with van der Waals surface area (Å²) in [7, 11) is 0. The molecule has 1 aromatic heterocycles. The van der Waals surface area contributed by atoms with Crippen molar-refractivity contribution < 1.29 is 4.52 Å². The Morgan fingerprint density at radius 2 is 1.62 bits per heavy atom. The molecule has 0 saturated heterocycles. The molecule has 0 saturated carbocycles. The highest BCUT2D eigenvalue weighted by molar-refractivity contribution is 5.76. The molecule has 6 heteroatoms. The summed E-state index contributed by atoms with van der Waals surface area (Å²) in [5, 5.41) is 4.80. The van der Waals surface area contributed by atoms with Gasteiger partial charge in [0.15, 0.2) is 0 Å². The van der Waals surface area contributed by atoms with Crippen LogP contribution in [0.2, 0.25) is 0 Å². The Morgan fingerprint density at radius 3 is 2.23 bits per heavy atom. The quantitative estimate of drug-likeness (QED) is 0.320. The molecule has 6 nitrogen and oxygen atoms in total. The lowest BCUT2D eigenvalue weighted by Gasteiger charge is -1.78. The summed E-state index contributed by atoms with van der Waals surface area (Å²) in [5.74, 6) is 16.0. The number of nitrogens with two attached hydrogens (primary N) is 4. The fourth-order valence-corrected chi connectivity index (χ4v) is 0.810. The van der Waals surface area contributed by atoms with Crippen molar-refractivity contribution in [1.82, 2.24) is 5.16 Å². The van der Waals surface area contributed by atoms with Crippen LogP contribution in [0.1, 0.15) is 0 Å². The number of rotatable bonds is 0.